The molecule has 4 rings (SSSR count). The Labute approximate surface area is 185 Å². The SMILES string of the molecule is CCCC(C(N)=O)c1ccc2c(c1)N(C1CCN(CCc3ccc(F)cc3)CC1)CC2. The molecule has 2 heterocycles. The van der Waals surface area contributed by atoms with Crippen molar-refractivity contribution in [3.05, 3.63) is 65.0 Å². The van der Waals surface area contributed by atoms with E-state index in [9.17, 15) is 9.18 Å². The molecule has 1 saturated heterocycles. The largest absolute Gasteiger partial charge is 0.369 e. The number of nitrogens with two attached hydrogens (primary N) is 1. The number of hydrogen-bond donors (Lipinski definition) is 1. The van der Waals surface area contributed by atoms with Gasteiger partial charge in [0.25, 0.3) is 0 Å². The van der Waals surface area contributed by atoms with Gasteiger partial charge in [-0.25, -0.2) is 4.39 Å². The molecule has 0 bridgehead atoms. The number of rotatable bonds is 8. The van der Waals surface area contributed by atoms with Crippen LogP contribution in [0.15, 0.2) is 42.5 Å². The van der Waals surface area contributed by atoms with Crippen LogP contribution >= 0.6 is 0 Å². The molecule has 1 amide bonds. The number of nitrogens with zero attached hydrogens (tertiary/aromatic N) is 2. The lowest BCUT2D eigenvalue weighted by Gasteiger charge is -2.38. The number of benzene rings is 2. The van der Waals surface area contributed by atoms with Crippen LogP contribution in [-0.2, 0) is 17.6 Å². The molecule has 0 aliphatic carbocycles. The molecule has 2 aliphatic heterocycles. The van der Waals surface area contributed by atoms with Gasteiger partial charge in [-0.3, -0.25) is 4.79 Å². The van der Waals surface area contributed by atoms with Gasteiger partial charge < -0.3 is 15.5 Å². The van der Waals surface area contributed by atoms with Gasteiger partial charge in [-0.1, -0.05) is 37.6 Å². The summed E-state index contributed by atoms with van der Waals surface area (Å²) in [6, 6.07) is 14.0. The van der Waals surface area contributed by atoms with Crippen molar-refractivity contribution in [1.82, 2.24) is 4.90 Å². The maximum absolute atomic E-state index is 13.1. The lowest BCUT2D eigenvalue weighted by Crippen LogP contribution is -2.45. The molecule has 5 heteroatoms. The van der Waals surface area contributed by atoms with Gasteiger partial charge in [0.15, 0.2) is 0 Å². The quantitative estimate of drug-likeness (QED) is 0.690. The summed E-state index contributed by atoms with van der Waals surface area (Å²) in [5.41, 5.74) is 10.7. The van der Waals surface area contributed by atoms with Crippen molar-refractivity contribution in [2.75, 3.05) is 31.1 Å². The Morgan fingerprint density at radius 2 is 1.87 bits per heavy atom. The highest BCUT2D eigenvalue weighted by atomic mass is 19.1. The smallest absolute Gasteiger partial charge is 0.224 e. The van der Waals surface area contributed by atoms with E-state index in [-0.39, 0.29) is 17.6 Å². The van der Waals surface area contributed by atoms with Crippen molar-refractivity contribution < 1.29 is 9.18 Å². The van der Waals surface area contributed by atoms with E-state index in [2.05, 4.69) is 34.9 Å². The van der Waals surface area contributed by atoms with Crippen molar-refractivity contribution in [2.24, 2.45) is 5.73 Å². The van der Waals surface area contributed by atoms with Crippen LogP contribution in [-0.4, -0.2) is 43.0 Å². The fraction of sp³-hybridized carbons (Fsp3) is 0.500. The molecule has 0 saturated carbocycles. The highest BCUT2D eigenvalue weighted by Crippen LogP contribution is 2.36. The maximum Gasteiger partial charge on any atom is 0.224 e. The molecule has 0 aromatic heterocycles. The van der Waals surface area contributed by atoms with E-state index in [1.54, 1.807) is 12.1 Å². The Morgan fingerprint density at radius 1 is 1.13 bits per heavy atom. The van der Waals surface area contributed by atoms with Crippen LogP contribution in [0.3, 0.4) is 0 Å². The monoisotopic (exact) mass is 423 g/mol. The maximum atomic E-state index is 13.1. The Hall–Kier alpha value is -2.40. The molecular weight excluding hydrogens is 389 g/mol. The number of amides is 1. The van der Waals surface area contributed by atoms with Gasteiger partial charge >= 0.3 is 0 Å². The molecule has 1 unspecified atom stereocenters. The third kappa shape index (κ3) is 5.09. The normalized spacial score (nSPS) is 18.2. The number of hydrogen-bond acceptors (Lipinski definition) is 3. The van der Waals surface area contributed by atoms with Crippen LogP contribution in [0, 0.1) is 5.82 Å². The minimum absolute atomic E-state index is 0.171. The minimum Gasteiger partial charge on any atom is -0.369 e. The summed E-state index contributed by atoms with van der Waals surface area (Å²) in [5.74, 6) is -0.581. The molecular formula is C26H34FN3O. The zero-order valence-electron chi connectivity index (χ0n) is 18.5. The van der Waals surface area contributed by atoms with Crippen molar-refractivity contribution >= 4 is 11.6 Å². The fourth-order valence-electron chi connectivity index (χ4n) is 5.17. The third-order valence-electron chi connectivity index (χ3n) is 6.99. The predicted molar refractivity (Wildman–Crippen MR) is 124 cm³/mol. The summed E-state index contributed by atoms with van der Waals surface area (Å²) in [7, 11) is 0. The summed E-state index contributed by atoms with van der Waals surface area (Å²) < 4.78 is 13.1. The van der Waals surface area contributed by atoms with E-state index in [0.29, 0.717) is 6.04 Å². The summed E-state index contributed by atoms with van der Waals surface area (Å²) in [6.45, 7) is 6.37. The average molecular weight is 424 g/mol. The highest BCUT2D eigenvalue weighted by molar-refractivity contribution is 5.82. The second-order valence-corrected chi connectivity index (χ2v) is 9.02. The molecule has 2 aromatic rings. The zero-order valence-corrected chi connectivity index (χ0v) is 18.5. The lowest BCUT2D eigenvalue weighted by atomic mass is 9.92. The van der Waals surface area contributed by atoms with E-state index < -0.39 is 0 Å². The number of primary amides is 1. The summed E-state index contributed by atoms with van der Waals surface area (Å²) in [6.07, 6.45) is 6.11. The molecule has 1 fully saturated rings. The van der Waals surface area contributed by atoms with Gasteiger partial charge in [-0.15, -0.1) is 0 Å². The van der Waals surface area contributed by atoms with Gasteiger partial charge in [0.05, 0.1) is 5.92 Å². The second-order valence-electron chi connectivity index (χ2n) is 9.02. The first-order valence-electron chi connectivity index (χ1n) is 11.7. The van der Waals surface area contributed by atoms with Crippen LogP contribution in [0.4, 0.5) is 10.1 Å². The molecule has 2 N–H and O–H groups in total. The topological polar surface area (TPSA) is 49.6 Å². The lowest BCUT2D eigenvalue weighted by molar-refractivity contribution is -0.119. The van der Waals surface area contributed by atoms with E-state index in [0.717, 1.165) is 70.3 Å². The van der Waals surface area contributed by atoms with Crippen molar-refractivity contribution in [1.29, 1.82) is 0 Å². The van der Waals surface area contributed by atoms with Crippen LogP contribution < -0.4 is 10.6 Å². The number of likely N-dealkylation sites (tertiary alicyclic amines) is 1. The molecule has 1 atom stereocenters. The summed E-state index contributed by atoms with van der Waals surface area (Å²) in [5, 5.41) is 0. The number of fused-ring (bicyclic) bond motifs is 1. The molecule has 2 aliphatic rings. The zero-order chi connectivity index (χ0) is 21.8. The molecule has 0 spiro atoms. The first-order valence-corrected chi connectivity index (χ1v) is 11.7. The van der Waals surface area contributed by atoms with Crippen LogP contribution in [0.1, 0.15) is 55.2 Å². The summed E-state index contributed by atoms with van der Waals surface area (Å²) >= 11 is 0. The second kappa shape index (κ2) is 9.82. The average Bonchev–Trinajstić information content (AvgIpc) is 3.20. The van der Waals surface area contributed by atoms with E-state index in [1.807, 2.05) is 12.1 Å². The highest BCUT2D eigenvalue weighted by Gasteiger charge is 2.30. The number of carbonyl (C=O) groups is 1. The number of halogens is 1. The van der Waals surface area contributed by atoms with Crippen molar-refractivity contribution in [3.63, 3.8) is 0 Å². The van der Waals surface area contributed by atoms with Crippen molar-refractivity contribution in [2.45, 2.75) is 57.4 Å². The van der Waals surface area contributed by atoms with Gasteiger partial charge in [-0.05, 0) is 67.0 Å². The van der Waals surface area contributed by atoms with E-state index in [1.165, 1.54) is 16.8 Å². The Kier molecular flexibility index (Phi) is 6.91. The first-order chi connectivity index (χ1) is 15.0. The number of anilines is 1. The van der Waals surface area contributed by atoms with Gasteiger partial charge in [0, 0.05) is 37.9 Å². The van der Waals surface area contributed by atoms with Crippen molar-refractivity contribution in [3.8, 4) is 0 Å². The van der Waals surface area contributed by atoms with Gasteiger partial charge in [0.2, 0.25) is 5.91 Å². The van der Waals surface area contributed by atoms with Crippen LogP contribution in [0.25, 0.3) is 0 Å². The Bertz CT molecular complexity index is 890. The minimum atomic E-state index is -0.221. The fourth-order valence-corrected chi connectivity index (χ4v) is 5.17. The van der Waals surface area contributed by atoms with Gasteiger partial charge in [0.1, 0.15) is 5.82 Å². The molecule has 0 radical (unpaired) electrons. The Balaban J connectivity index is 1.36. The summed E-state index contributed by atoms with van der Waals surface area (Å²) in [4.78, 5) is 17.1. The first kappa shape index (κ1) is 21.8. The predicted octanol–water partition coefficient (Wildman–Crippen LogP) is 4.26. The molecule has 31 heavy (non-hydrogen) atoms. The number of piperidine rings is 1. The van der Waals surface area contributed by atoms with E-state index in [4.69, 9.17) is 5.73 Å². The molecule has 4 nitrogen and oxygen atoms in total. The standard InChI is InChI=1S/C26H34FN3O/c1-2-3-24(26(28)31)21-7-6-20-11-17-30(25(20)18-21)23-12-15-29(16-13-23)14-10-19-4-8-22(27)9-5-19/h4-9,18,23-24H,2-3,10-17H2,1H3,(H2,28,31). The number of carbonyl (C=O) groups excluding carboxylic acids is 1. The molecule has 2 aromatic carbocycles. The van der Waals surface area contributed by atoms with Gasteiger partial charge in [-0.2, -0.15) is 0 Å². The Morgan fingerprint density at radius 3 is 2.55 bits per heavy atom. The van der Waals surface area contributed by atoms with Crippen LogP contribution in [0.5, 0.6) is 0 Å². The van der Waals surface area contributed by atoms with Crippen LogP contribution in [0.2, 0.25) is 0 Å². The molecule has 166 valence electrons. The van der Waals surface area contributed by atoms with E-state index >= 15 is 0 Å². The third-order valence-corrected chi connectivity index (χ3v) is 6.99.